The molecule has 120 valence electrons. The normalized spacial score (nSPS) is 11.6. The van der Waals surface area contributed by atoms with Gasteiger partial charge in [0, 0.05) is 12.2 Å². The van der Waals surface area contributed by atoms with Crippen molar-refractivity contribution in [3.63, 3.8) is 0 Å². The van der Waals surface area contributed by atoms with Crippen LogP contribution in [-0.4, -0.2) is 37.7 Å². The standard InChI is InChI=1S/C17H23NO4/c1-5-11-21-14(4)17(20)22-12-16(19)18(6-2)15-10-8-7-9-13(15)3/h5,7-10,14H,1,6,11-12H2,2-4H3. The lowest BCUT2D eigenvalue weighted by atomic mass is 10.2. The maximum atomic E-state index is 12.3. The van der Waals surface area contributed by atoms with Gasteiger partial charge in [-0.2, -0.15) is 0 Å². The smallest absolute Gasteiger partial charge is 0.335 e. The molecule has 0 saturated heterocycles. The third-order valence-corrected chi connectivity index (χ3v) is 3.16. The summed E-state index contributed by atoms with van der Waals surface area (Å²) in [6, 6.07) is 7.59. The van der Waals surface area contributed by atoms with Crippen LogP contribution in [0.15, 0.2) is 36.9 Å². The zero-order chi connectivity index (χ0) is 16.5. The third kappa shape index (κ3) is 5.00. The number of nitrogens with zero attached hydrogens (tertiary/aromatic N) is 1. The molecule has 1 amide bonds. The molecular formula is C17H23NO4. The van der Waals surface area contributed by atoms with E-state index in [-0.39, 0.29) is 19.1 Å². The first-order chi connectivity index (χ1) is 10.5. The minimum absolute atomic E-state index is 0.258. The van der Waals surface area contributed by atoms with Crippen molar-refractivity contribution in [2.45, 2.75) is 26.9 Å². The minimum atomic E-state index is -0.723. The predicted molar refractivity (Wildman–Crippen MR) is 85.8 cm³/mol. The minimum Gasteiger partial charge on any atom is -0.454 e. The Hall–Kier alpha value is -2.14. The molecule has 1 aromatic carbocycles. The SMILES string of the molecule is C=CCOC(C)C(=O)OCC(=O)N(CC)c1ccccc1C. The maximum absolute atomic E-state index is 12.3. The predicted octanol–water partition coefficient (Wildman–Crippen LogP) is 2.48. The van der Waals surface area contributed by atoms with Gasteiger partial charge in [-0.25, -0.2) is 4.79 Å². The molecule has 0 radical (unpaired) electrons. The fourth-order valence-corrected chi connectivity index (χ4v) is 1.96. The van der Waals surface area contributed by atoms with E-state index in [0.29, 0.717) is 6.54 Å². The molecule has 1 aromatic rings. The average Bonchev–Trinajstić information content (AvgIpc) is 2.52. The summed E-state index contributed by atoms with van der Waals surface area (Å²) in [5.74, 6) is -0.822. The van der Waals surface area contributed by atoms with Gasteiger partial charge in [0.1, 0.15) is 0 Å². The Morgan fingerprint density at radius 3 is 2.64 bits per heavy atom. The second-order valence-corrected chi connectivity index (χ2v) is 4.80. The molecule has 0 bridgehead atoms. The first kappa shape index (κ1) is 17.9. The van der Waals surface area contributed by atoms with Crippen LogP contribution in [0.3, 0.4) is 0 Å². The highest BCUT2D eigenvalue weighted by Crippen LogP contribution is 2.19. The van der Waals surface area contributed by atoms with E-state index in [9.17, 15) is 9.59 Å². The lowest BCUT2D eigenvalue weighted by Gasteiger charge is -2.23. The zero-order valence-corrected chi connectivity index (χ0v) is 13.4. The second-order valence-electron chi connectivity index (χ2n) is 4.80. The van der Waals surface area contributed by atoms with Gasteiger partial charge in [-0.3, -0.25) is 4.79 Å². The summed E-state index contributed by atoms with van der Waals surface area (Å²) in [5.41, 5.74) is 1.81. The van der Waals surface area contributed by atoms with Gasteiger partial charge in [0.05, 0.1) is 6.61 Å². The monoisotopic (exact) mass is 305 g/mol. The summed E-state index contributed by atoms with van der Waals surface area (Å²) in [6.45, 7) is 9.35. The van der Waals surface area contributed by atoms with Crippen LogP contribution in [0.1, 0.15) is 19.4 Å². The van der Waals surface area contributed by atoms with Crippen molar-refractivity contribution in [1.82, 2.24) is 0 Å². The van der Waals surface area contributed by atoms with Gasteiger partial charge in [0.2, 0.25) is 0 Å². The number of aryl methyl sites for hydroxylation is 1. The molecule has 0 aliphatic carbocycles. The average molecular weight is 305 g/mol. The van der Waals surface area contributed by atoms with Crippen LogP contribution in [0.2, 0.25) is 0 Å². The van der Waals surface area contributed by atoms with E-state index in [0.717, 1.165) is 11.3 Å². The third-order valence-electron chi connectivity index (χ3n) is 3.16. The molecule has 0 heterocycles. The fourth-order valence-electron chi connectivity index (χ4n) is 1.96. The number of amides is 1. The van der Waals surface area contributed by atoms with E-state index >= 15 is 0 Å². The first-order valence-corrected chi connectivity index (χ1v) is 7.26. The molecule has 5 heteroatoms. The number of carbonyl (C=O) groups is 2. The van der Waals surface area contributed by atoms with Gasteiger partial charge in [-0.05, 0) is 32.4 Å². The lowest BCUT2D eigenvalue weighted by molar-refractivity contribution is -0.157. The number of esters is 1. The van der Waals surface area contributed by atoms with Crippen LogP contribution in [0, 0.1) is 6.92 Å². The van der Waals surface area contributed by atoms with Gasteiger partial charge in [0.15, 0.2) is 12.7 Å². The van der Waals surface area contributed by atoms with Crippen LogP contribution in [0.4, 0.5) is 5.69 Å². The van der Waals surface area contributed by atoms with E-state index in [1.54, 1.807) is 17.9 Å². The number of likely N-dealkylation sites (N-methyl/N-ethyl adjacent to an activating group) is 1. The number of benzene rings is 1. The Kier molecular flexibility index (Phi) is 7.32. The first-order valence-electron chi connectivity index (χ1n) is 7.26. The Balaban J connectivity index is 2.61. The summed E-state index contributed by atoms with van der Waals surface area (Å²) in [5, 5.41) is 0. The van der Waals surface area contributed by atoms with Crippen LogP contribution in [-0.2, 0) is 19.1 Å². The van der Waals surface area contributed by atoms with Crippen LogP contribution in [0.25, 0.3) is 0 Å². The molecule has 0 saturated carbocycles. The Morgan fingerprint density at radius 2 is 2.05 bits per heavy atom. The molecule has 22 heavy (non-hydrogen) atoms. The van der Waals surface area contributed by atoms with E-state index in [2.05, 4.69) is 6.58 Å². The van der Waals surface area contributed by atoms with Crippen LogP contribution in [0.5, 0.6) is 0 Å². The summed E-state index contributed by atoms with van der Waals surface area (Å²) in [4.78, 5) is 25.6. The summed E-state index contributed by atoms with van der Waals surface area (Å²) in [6.07, 6.45) is 0.825. The van der Waals surface area contributed by atoms with Gasteiger partial charge in [-0.15, -0.1) is 6.58 Å². The molecule has 0 fully saturated rings. The van der Waals surface area contributed by atoms with E-state index in [1.807, 2.05) is 38.1 Å². The number of anilines is 1. The number of rotatable bonds is 8. The van der Waals surface area contributed by atoms with Crippen molar-refractivity contribution in [3.05, 3.63) is 42.5 Å². The topological polar surface area (TPSA) is 55.8 Å². The number of ether oxygens (including phenoxy) is 2. The Morgan fingerprint density at radius 1 is 1.36 bits per heavy atom. The summed E-state index contributed by atoms with van der Waals surface area (Å²) in [7, 11) is 0. The molecule has 1 atom stereocenters. The summed E-state index contributed by atoms with van der Waals surface area (Å²) < 4.78 is 10.2. The molecular weight excluding hydrogens is 282 g/mol. The quantitative estimate of drug-likeness (QED) is 0.547. The largest absolute Gasteiger partial charge is 0.454 e. The highest BCUT2D eigenvalue weighted by molar-refractivity contribution is 5.96. The van der Waals surface area contributed by atoms with Gasteiger partial charge >= 0.3 is 5.97 Å². The van der Waals surface area contributed by atoms with Crippen molar-refractivity contribution in [2.75, 3.05) is 24.7 Å². The van der Waals surface area contributed by atoms with Crippen molar-refractivity contribution in [1.29, 1.82) is 0 Å². The fraction of sp³-hybridized carbons (Fsp3) is 0.412. The van der Waals surface area contributed by atoms with Gasteiger partial charge in [-0.1, -0.05) is 24.3 Å². The van der Waals surface area contributed by atoms with E-state index < -0.39 is 12.1 Å². The number of para-hydroxylation sites is 1. The summed E-state index contributed by atoms with van der Waals surface area (Å²) >= 11 is 0. The van der Waals surface area contributed by atoms with Crippen LogP contribution < -0.4 is 4.90 Å². The molecule has 0 spiro atoms. The van der Waals surface area contributed by atoms with Crippen molar-refractivity contribution < 1.29 is 19.1 Å². The second kappa shape index (κ2) is 9.00. The Bertz CT molecular complexity index is 527. The number of carbonyl (C=O) groups excluding carboxylic acids is 2. The van der Waals surface area contributed by atoms with Crippen molar-refractivity contribution >= 4 is 17.6 Å². The Labute approximate surface area is 131 Å². The lowest BCUT2D eigenvalue weighted by Crippen LogP contribution is -2.36. The number of hydrogen-bond acceptors (Lipinski definition) is 4. The molecule has 1 unspecified atom stereocenters. The van der Waals surface area contributed by atoms with Crippen LogP contribution >= 0.6 is 0 Å². The molecule has 0 aromatic heterocycles. The highest BCUT2D eigenvalue weighted by atomic mass is 16.6. The number of hydrogen-bond donors (Lipinski definition) is 0. The zero-order valence-electron chi connectivity index (χ0n) is 13.4. The van der Waals surface area contributed by atoms with E-state index in [4.69, 9.17) is 9.47 Å². The molecule has 1 rings (SSSR count). The molecule has 0 aliphatic heterocycles. The van der Waals surface area contributed by atoms with Crippen molar-refractivity contribution in [3.8, 4) is 0 Å². The van der Waals surface area contributed by atoms with Gasteiger partial charge < -0.3 is 14.4 Å². The van der Waals surface area contributed by atoms with E-state index in [1.165, 1.54) is 0 Å². The van der Waals surface area contributed by atoms with Gasteiger partial charge in [0.25, 0.3) is 5.91 Å². The molecule has 0 aliphatic rings. The molecule has 0 N–H and O–H groups in total. The molecule has 5 nitrogen and oxygen atoms in total. The van der Waals surface area contributed by atoms with Crippen molar-refractivity contribution in [2.24, 2.45) is 0 Å². The highest BCUT2D eigenvalue weighted by Gasteiger charge is 2.20. The maximum Gasteiger partial charge on any atom is 0.335 e.